The molecule has 1 aromatic carbocycles. The van der Waals surface area contributed by atoms with Crippen LogP contribution < -0.4 is 5.73 Å². The van der Waals surface area contributed by atoms with Gasteiger partial charge in [0.2, 0.25) is 5.91 Å². The van der Waals surface area contributed by atoms with Gasteiger partial charge in [0.15, 0.2) is 6.29 Å². The first kappa shape index (κ1) is 20.2. The van der Waals surface area contributed by atoms with Crippen LogP contribution in [0.4, 0.5) is 0 Å². The van der Waals surface area contributed by atoms with Crippen LogP contribution >= 0.6 is 11.6 Å². The molecule has 1 aliphatic carbocycles. The van der Waals surface area contributed by atoms with Gasteiger partial charge in [-0.25, -0.2) is 0 Å². The molecule has 2 rings (SSSR count). The molecule has 1 aliphatic rings. The quantitative estimate of drug-likeness (QED) is 0.645. The molecule has 0 aromatic heterocycles. The van der Waals surface area contributed by atoms with Gasteiger partial charge in [0.25, 0.3) is 0 Å². The average Bonchev–Trinajstić information content (AvgIpc) is 2.54. The average molecular weight is 369 g/mol. The topological polar surface area (TPSA) is 64.8 Å². The Labute approximate surface area is 155 Å². The summed E-state index contributed by atoms with van der Waals surface area (Å²) in [6, 6.07) is 7.12. The number of hydrogen-bond acceptors (Lipinski definition) is 4. The number of nitrogens with zero attached hydrogens (tertiary/aromatic N) is 1. The van der Waals surface area contributed by atoms with Crippen molar-refractivity contribution in [2.45, 2.75) is 57.9 Å². The molecule has 1 amide bonds. The van der Waals surface area contributed by atoms with Gasteiger partial charge in [-0.05, 0) is 57.2 Å². The van der Waals surface area contributed by atoms with Crippen LogP contribution in [0, 0.1) is 0 Å². The molecule has 0 spiro atoms. The summed E-state index contributed by atoms with van der Waals surface area (Å²) in [4.78, 5) is 14.8. The van der Waals surface area contributed by atoms with Crippen LogP contribution in [0.2, 0.25) is 5.02 Å². The van der Waals surface area contributed by atoms with Crippen molar-refractivity contribution >= 4 is 17.5 Å². The van der Waals surface area contributed by atoms with Gasteiger partial charge in [-0.3, -0.25) is 4.79 Å². The maximum absolute atomic E-state index is 13.0. The first-order valence-electron chi connectivity index (χ1n) is 9.08. The highest BCUT2D eigenvalue weighted by Crippen LogP contribution is 2.26. The lowest BCUT2D eigenvalue weighted by atomic mass is 9.90. The summed E-state index contributed by atoms with van der Waals surface area (Å²) in [6.07, 6.45) is 3.28. The standard InChI is InChI=1S/C19H29ClN2O3/c1-3-24-18(25-4-2)13-22(16-6-5-7-16)19(23)17(21)12-14-8-10-15(20)11-9-14/h8-11,16-18H,3-7,12-13,21H2,1-2H3. The number of amides is 1. The molecular formula is C19H29ClN2O3. The summed E-state index contributed by atoms with van der Waals surface area (Å²) in [5.74, 6) is -0.0379. The minimum Gasteiger partial charge on any atom is -0.351 e. The number of hydrogen-bond donors (Lipinski definition) is 1. The van der Waals surface area contributed by atoms with E-state index >= 15 is 0 Å². The Kier molecular flexibility index (Phi) is 8.16. The van der Waals surface area contributed by atoms with Crippen molar-refractivity contribution in [1.29, 1.82) is 0 Å². The molecule has 1 unspecified atom stereocenters. The van der Waals surface area contributed by atoms with E-state index < -0.39 is 12.3 Å². The van der Waals surface area contributed by atoms with E-state index in [0.29, 0.717) is 31.2 Å². The van der Waals surface area contributed by atoms with E-state index in [4.69, 9.17) is 26.8 Å². The van der Waals surface area contributed by atoms with Crippen molar-refractivity contribution in [2.75, 3.05) is 19.8 Å². The SMILES string of the molecule is CCOC(CN(C(=O)C(N)Cc1ccc(Cl)cc1)C1CCC1)OCC. The maximum atomic E-state index is 13.0. The highest BCUT2D eigenvalue weighted by molar-refractivity contribution is 6.30. The highest BCUT2D eigenvalue weighted by atomic mass is 35.5. The molecule has 5 nitrogen and oxygen atoms in total. The molecular weight excluding hydrogens is 340 g/mol. The zero-order valence-corrected chi connectivity index (χ0v) is 15.9. The van der Waals surface area contributed by atoms with Gasteiger partial charge in [-0.15, -0.1) is 0 Å². The fourth-order valence-corrected chi connectivity index (χ4v) is 3.10. The Morgan fingerprint density at radius 1 is 1.24 bits per heavy atom. The third-order valence-electron chi connectivity index (χ3n) is 4.54. The maximum Gasteiger partial charge on any atom is 0.240 e. The number of carbonyl (C=O) groups excluding carboxylic acids is 1. The van der Waals surface area contributed by atoms with Crippen LogP contribution in [0.5, 0.6) is 0 Å². The summed E-state index contributed by atoms with van der Waals surface area (Å²) in [7, 11) is 0. The molecule has 2 N–H and O–H groups in total. The van der Waals surface area contributed by atoms with Gasteiger partial charge >= 0.3 is 0 Å². The lowest BCUT2D eigenvalue weighted by Crippen LogP contribution is -2.54. The molecule has 0 aliphatic heterocycles. The third-order valence-corrected chi connectivity index (χ3v) is 4.79. The molecule has 1 aromatic rings. The molecule has 25 heavy (non-hydrogen) atoms. The first-order valence-corrected chi connectivity index (χ1v) is 9.46. The van der Waals surface area contributed by atoms with Crippen molar-refractivity contribution in [3.63, 3.8) is 0 Å². The molecule has 140 valence electrons. The first-order chi connectivity index (χ1) is 12.0. The van der Waals surface area contributed by atoms with E-state index in [9.17, 15) is 4.79 Å². The number of rotatable bonds is 10. The number of benzene rings is 1. The van der Waals surface area contributed by atoms with Crippen LogP contribution in [-0.2, 0) is 20.7 Å². The Balaban J connectivity index is 2.02. The Morgan fingerprint density at radius 3 is 2.32 bits per heavy atom. The minimum absolute atomic E-state index is 0.0379. The van der Waals surface area contributed by atoms with E-state index in [0.717, 1.165) is 24.8 Å². The van der Waals surface area contributed by atoms with Crippen LogP contribution in [0.15, 0.2) is 24.3 Å². The Bertz CT molecular complexity index is 528. The smallest absolute Gasteiger partial charge is 0.240 e. The van der Waals surface area contributed by atoms with E-state index in [1.165, 1.54) is 0 Å². The number of ether oxygens (including phenoxy) is 2. The van der Waals surface area contributed by atoms with Gasteiger partial charge in [-0.2, -0.15) is 0 Å². The molecule has 0 heterocycles. The number of carbonyl (C=O) groups is 1. The van der Waals surface area contributed by atoms with Gasteiger partial charge in [-0.1, -0.05) is 23.7 Å². The predicted molar refractivity (Wildman–Crippen MR) is 99.5 cm³/mol. The zero-order valence-electron chi connectivity index (χ0n) is 15.1. The second-order valence-electron chi connectivity index (χ2n) is 6.35. The second-order valence-corrected chi connectivity index (χ2v) is 6.79. The zero-order chi connectivity index (χ0) is 18.2. The van der Waals surface area contributed by atoms with Gasteiger partial charge in [0.1, 0.15) is 0 Å². The van der Waals surface area contributed by atoms with Gasteiger partial charge in [0, 0.05) is 24.3 Å². The lowest BCUT2D eigenvalue weighted by molar-refractivity contribution is -0.165. The molecule has 0 radical (unpaired) electrons. The van der Waals surface area contributed by atoms with Crippen molar-refractivity contribution in [3.05, 3.63) is 34.9 Å². The molecule has 0 bridgehead atoms. The van der Waals surface area contributed by atoms with Crippen molar-refractivity contribution < 1.29 is 14.3 Å². The fraction of sp³-hybridized carbons (Fsp3) is 0.632. The number of nitrogens with two attached hydrogens (primary N) is 1. The summed E-state index contributed by atoms with van der Waals surface area (Å²) in [5.41, 5.74) is 7.23. The largest absolute Gasteiger partial charge is 0.351 e. The molecule has 1 fully saturated rings. The van der Waals surface area contributed by atoms with Crippen LogP contribution in [0.1, 0.15) is 38.7 Å². The van der Waals surface area contributed by atoms with E-state index in [1.807, 2.05) is 43.0 Å². The predicted octanol–water partition coefficient (Wildman–Crippen LogP) is 2.99. The molecule has 1 atom stereocenters. The number of halogens is 1. The lowest BCUT2D eigenvalue weighted by Gasteiger charge is -2.40. The minimum atomic E-state index is -0.578. The van der Waals surface area contributed by atoms with Crippen molar-refractivity contribution in [1.82, 2.24) is 4.90 Å². The Hall–Kier alpha value is -1.14. The van der Waals surface area contributed by atoms with E-state index in [2.05, 4.69) is 0 Å². The summed E-state index contributed by atoms with van der Waals surface area (Å²) >= 11 is 5.91. The molecule has 1 saturated carbocycles. The normalized spacial score (nSPS) is 15.9. The van der Waals surface area contributed by atoms with Gasteiger partial charge in [0.05, 0.1) is 12.6 Å². The summed E-state index contributed by atoms with van der Waals surface area (Å²) in [6.45, 7) is 5.38. The Morgan fingerprint density at radius 2 is 1.84 bits per heavy atom. The molecule has 6 heteroatoms. The van der Waals surface area contributed by atoms with Crippen molar-refractivity contribution in [2.24, 2.45) is 5.73 Å². The highest BCUT2D eigenvalue weighted by Gasteiger charge is 2.33. The van der Waals surface area contributed by atoms with Gasteiger partial charge < -0.3 is 20.1 Å². The summed E-state index contributed by atoms with van der Waals surface area (Å²) < 4.78 is 11.2. The third kappa shape index (κ3) is 5.96. The fourth-order valence-electron chi connectivity index (χ4n) is 2.98. The van der Waals surface area contributed by atoms with Crippen LogP contribution in [0.25, 0.3) is 0 Å². The summed E-state index contributed by atoms with van der Waals surface area (Å²) in [5, 5.41) is 0.677. The van der Waals surface area contributed by atoms with E-state index in [-0.39, 0.29) is 11.9 Å². The van der Waals surface area contributed by atoms with Crippen LogP contribution in [0.3, 0.4) is 0 Å². The van der Waals surface area contributed by atoms with E-state index in [1.54, 1.807) is 0 Å². The van der Waals surface area contributed by atoms with Crippen molar-refractivity contribution in [3.8, 4) is 0 Å². The molecule has 0 saturated heterocycles. The van der Waals surface area contributed by atoms with Crippen LogP contribution in [-0.4, -0.2) is 48.9 Å². The monoisotopic (exact) mass is 368 g/mol. The second kappa shape index (κ2) is 10.1.